The van der Waals surface area contributed by atoms with Gasteiger partial charge in [-0.3, -0.25) is 19.3 Å². The van der Waals surface area contributed by atoms with Crippen molar-refractivity contribution in [1.82, 2.24) is 10.2 Å². The molecule has 1 heterocycles. The van der Waals surface area contributed by atoms with Gasteiger partial charge in [0.05, 0.1) is 13.5 Å². The molecule has 1 fully saturated rings. The fourth-order valence-corrected chi connectivity index (χ4v) is 5.17. The number of hydrogen-bond acceptors (Lipinski definition) is 6. The van der Waals surface area contributed by atoms with Crippen LogP contribution in [0.25, 0.3) is 0 Å². The van der Waals surface area contributed by atoms with Gasteiger partial charge in [-0.2, -0.15) is 0 Å². The van der Waals surface area contributed by atoms with E-state index >= 15 is 0 Å². The van der Waals surface area contributed by atoms with E-state index in [9.17, 15) is 14.4 Å². The zero-order valence-corrected chi connectivity index (χ0v) is 20.7. The van der Waals surface area contributed by atoms with Crippen molar-refractivity contribution in [2.24, 2.45) is 11.8 Å². The van der Waals surface area contributed by atoms with Gasteiger partial charge in [-0.1, -0.05) is 30.3 Å². The Hall–Kier alpha value is -3.39. The molecule has 0 spiro atoms. The number of piperidine rings is 1. The number of carboxylic acids is 1. The maximum Gasteiger partial charge on any atom is 0.305 e. The van der Waals surface area contributed by atoms with Gasteiger partial charge < -0.3 is 19.9 Å². The first kappa shape index (κ1) is 25.7. The molecule has 8 heteroatoms. The quantitative estimate of drug-likeness (QED) is 0.494. The number of benzene rings is 2. The molecule has 0 saturated carbocycles. The third-order valence-electron chi connectivity index (χ3n) is 7.09. The molecule has 192 valence electrons. The largest absolute Gasteiger partial charge is 0.493 e. The Morgan fingerprint density at radius 1 is 1.11 bits per heavy atom. The average molecular weight is 495 g/mol. The summed E-state index contributed by atoms with van der Waals surface area (Å²) in [5, 5.41) is 11.2. The van der Waals surface area contributed by atoms with Crippen molar-refractivity contribution in [2.45, 2.75) is 38.6 Å². The predicted octanol–water partition coefficient (Wildman–Crippen LogP) is 3.32. The van der Waals surface area contributed by atoms with Crippen molar-refractivity contribution in [1.29, 1.82) is 0 Å². The number of nitrogens with zero attached hydrogens (tertiary/aromatic N) is 1. The summed E-state index contributed by atoms with van der Waals surface area (Å²) in [6.45, 7) is 2.82. The standard InChI is InChI=1S/C28H34N2O6/c1-35-24-15-21-14-22(13-19-8-11-30(12-9-19)17-20-5-3-2-4-6-20)28(34)23(21)16-25(24)36-18-26(31)29-10-7-27(32)33/h2-6,15-16,19,22H,7-14,17-18H2,1H3,(H,29,31)(H,32,33). The second-order valence-corrected chi connectivity index (χ2v) is 9.65. The Labute approximate surface area is 211 Å². The van der Waals surface area contributed by atoms with E-state index in [2.05, 4.69) is 34.5 Å². The van der Waals surface area contributed by atoms with Crippen LogP contribution in [0.5, 0.6) is 11.5 Å². The summed E-state index contributed by atoms with van der Waals surface area (Å²) in [5.41, 5.74) is 2.94. The van der Waals surface area contributed by atoms with Crippen LogP contribution < -0.4 is 14.8 Å². The number of methoxy groups -OCH3 is 1. The van der Waals surface area contributed by atoms with Gasteiger partial charge in [0.2, 0.25) is 0 Å². The molecule has 36 heavy (non-hydrogen) atoms. The van der Waals surface area contributed by atoms with Crippen LogP contribution in [0.4, 0.5) is 0 Å². The number of hydrogen-bond donors (Lipinski definition) is 2. The average Bonchev–Trinajstić information content (AvgIpc) is 3.17. The van der Waals surface area contributed by atoms with E-state index in [0.29, 0.717) is 29.4 Å². The monoisotopic (exact) mass is 494 g/mol. The lowest BCUT2D eigenvalue weighted by Gasteiger charge is -2.32. The highest BCUT2D eigenvalue weighted by atomic mass is 16.5. The fraction of sp³-hybridized carbons (Fsp3) is 0.464. The number of aliphatic carboxylic acids is 1. The number of nitrogens with one attached hydrogen (secondary N) is 1. The van der Waals surface area contributed by atoms with Gasteiger partial charge in [-0.25, -0.2) is 0 Å². The van der Waals surface area contributed by atoms with Crippen molar-refractivity contribution < 1.29 is 29.0 Å². The van der Waals surface area contributed by atoms with Crippen molar-refractivity contribution >= 4 is 17.7 Å². The zero-order valence-electron chi connectivity index (χ0n) is 20.7. The Morgan fingerprint density at radius 3 is 2.56 bits per heavy atom. The highest BCUT2D eigenvalue weighted by molar-refractivity contribution is 6.03. The molecule has 2 aliphatic rings. The smallest absolute Gasteiger partial charge is 0.305 e. The maximum atomic E-state index is 13.2. The van der Waals surface area contributed by atoms with E-state index in [1.54, 1.807) is 6.07 Å². The minimum atomic E-state index is -0.984. The molecule has 0 aromatic heterocycles. The van der Waals surface area contributed by atoms with Gasteiger partial charge in [-0.15, -0.1) is 0 Å². The molecule has 2 aromatic rings. The molecule has 1 amide bonds. The second-order valence-electron chi connectivity index (χ2n) is 9.65. The van der Waals surface area contributed by atoms with E-state index in [1.165, 1.54) is 12.7 Å². The molecule has 1 saturated heterocycles. The summed E-state index contributed by atoms with van der Waals surface area (Å²) in [6.07, 6.45) is 3.63. The first-order valence-electron chi connectivity index (χ1n) is 12.6. The van der Waals surface area contributed by atoms with Crippen LogP contribution in [0.15, 0.2) is 42.5 Å². The molecule has 2 N–H and O–H groups in total. The molecule has 1 aliphatic heterocycles. The van der Waals surface area contributed by atoms with E-state index < -0.39 is 11.9 Å². The molecule has 0 bridgehead atoms. The van der Waals surface area contributed by atoms with E-state index in [-0.39, 0.29) is 31.3 Å². The highest BCUT2D eigenvalue weighted by Crippen LogP contribution is 2.39. The van der Waals surface area contributed by atoms with Crippen LogP contribution in [-0.2, 0) is 22.6 Å². The number of likely N-dealkylation sites (tertiary alicyclic amines) is 1. The summed E-state index contributed by atoms with van der Waals surface area (Å²) in [4.78, 5) is 38.3. The molecule has 1 aliphatic carbocycles. The first-order chi connectivity index (χ1) is 17.4. The molecule has 4 rings (SSSR count). The molecule has 1 atom stereocenters. The summed E-state index contributed by atoms with van der Waals surface area (Å²) < 4.78 is 11.1. The van der Waals surface area contributed by atoms with Crippen LogP contribution in [-0.4, -0.2) is 61.0 Å². The number of Topliss-reactive ketones (excluding diaryl/α,β-unsaturated/α-hetero) is 1. The van der Waals surface area contributed by atoms with Crippen LogP contribution in [0, 0.1) is 11.8 Å². The highest BCUT2D eigenvalue weighted by Gasteiger charge is 2.34. The number of carboxylic acid groups (broad SMARTS) is 1. The number of ketones is 1. The lowest BCUT2D eigenvalue weighted by Crippen LogP contribution is -2.34. The van der Waals surface area contributed by atoms with Gasteiger partial charge in [0.25, 0.3) is 5.91 Å². The summed E-state index contributed by atoms with van der Waals surface area (Å²) >= 11 is 0. The summed E-state index contributed by atoms with van der Waals surface area (Å²) in [7, 11) is 1.53. The van der Waals surface area contributed by atoms with Crippen LogP contribution in [0.3, 0.4) is 0 Å². The van der Waals surface area contributed by atoms with Gasteiger partial charge in [0, 0.05) is 24.6 Å². The van der Waals surface area contributed by atoms with Gasteiger partial charge in [0.1, 0.15) is 0 Å². The summed E-state index contributed by atoms with van der Waals surface area (Å²) in [5.74, 6) is 0.0408. The zero-order chi connectivity index (χ0) is 25.5. The molecular formula is C28H34N2O6. The Bertz CT molecular complexity index is 1080. The number of amides is 1. The topological polar surface area (TPSA) is 105 Å². The molecular weight excluding hydrogens is 460 g/mol. The van der Waals surface area contributed by atoms with Gasteiger partial charge in [-0.05, 0) is 68.0 Å². The molecule has 0 radical (unpaired) electrons. The third-order valence-corrected chi connectivity index (χ3v) is 7.09. The number of ether oxygens (including phenoxy) is 2. The fourth-order valence-electron chi connectivity index (χ4n) is 5.17. The lowest BCUT2D eigenvalue weighted by atomic mass is 9.85. The predicted molar refractivity (Wildman–Crippen MR) is 134 cm³/mol. The Balaban J connectivity index is 1.30. The van der Waals surface area contributed by atoms with Crippen molar-refractivity contribution in [3.8, 4) is 11.5 Å². The third kappa shape index (κ3) is 6.63. The Morgan fingerprint density at radius 2 is 1.86 bits per heavy atom. The minimum absolute atomic E-state index is 0.0319. The maximum absolute atomic E-state index is 13.2. The lowest BCUT2D eigenvalue weighted by molar-refractivity contribution is -0.137. The van der Waals surface area contributed by atoms with E-state index in [0.717, 1.165) is 44.5 Å². The SMILES string of the molecule is COc1cc2c(cc1OCC(=O)NCCC(=O)O)C(=O)C(CC1CCN(Cc3ccccc3)CC1)C2. The molecule has 1 unspecified atom stereocenters. The van der Waals surface area contributed by atoms with E-state index in [1.807, 2.05) is 12.1 Å². The number of fused-ring (bicyclic) bond motifs is 1. The summed E-state index contributed by atoms with van der Waals surface area (Å²) in [6, 6.07) is 14.1. The minimum Gasteiger partial charge on any atom is -0.493 e. The van der Waals surface area contributed by atoms with Gasteiger partial charge in [0.15, 0.2) is 23.9 Å². The van der Waals surface area contributed by atoms with Gasteiger partial charge >= 0.3 is 5.97 Å². The van der Waals surface area contributed by atoms with Crippen LogP contribution >= 0.6 is 0 Å². The number of rotatable bonds is 11. The van der Waals surface area contributed by atoms with Crippen LogP contribution in [0.1, 0.15) is 47.2 Å². The van der Waals surface area contributed by atoms with E-state index in [4.69, 9.17) is 14.6 Å². The Kier molecular flexibility index (Phi) is 8.59. The van der Waals surface area contributed by atoms with Crippen molar-refractivity contribution in [3.63, 3.8) is 0 Å². The number of carbonyl (C=O) groups excluding carboxylic acids is 2. The van der Waals surface area contributed by atoms with Crippen molar-refractivity contribution in [3.05, 3.63) is 59.2 Å². The second kappa shape index (κ2) is 12.0. The molecule has 2 aromatic carbocycles. The van der Waals surface area contributed by atoms with Crippen LogP contribution in [0.2, 0.25) is 0 Å². The molecule has 8 nitrogen and oxygen atoms in total. The normalized spacial score (nSPS) is 18.0. The first-order valence-corrected chi connectivity index (χ1v) is 12.6. The van der Waals surface area contributed by atoms with Crippen molar-refractivity contribution in [2.75, 3.05) is 33.4 Å². The number of carbonyl (C=O) groups is 3.